The van der Waals surface area contributed by atoms with Gasteiger partial charge in [0.25, 0.3) is 0 Å². The van der Waals surface area contributed by atoms with Gasteiger partial charge in [-0.2, -0.15) is 0 Å². The van der Waals surface area contributed by atoms with Crippen LogP contribution in [0.2, 0.25) is 0 Å². The molecule has 1 aromatic rings. The molecule has 0 bridgehead atoms. The lowest BCUT2D eigenvalue weighted by atomic mass is 10.1. The zero-order valence-corrected chi connectivity index (χ0v) is 13.1. The highest BCUT2D eigenvalue weighted by atomic mass is 32.1. The molecule has 0 amide bonds. The molecular weight excluding hydrogens is 252 g/mol. The molecule has 0 radical (unpaired) electrons. The molecule has 1 atom stereocenters. The number of anilines is 1. The Bertz CT molecular complexity index is 373. The van der Waals surface area contributed by atoms with Crippen LogP contribution in [0.4, 0.5) is 5.69 Å². The molecule has 2 nitrogen and oxygen atoms in total. The first-order chi connectivity index (χ1) is 9.15. The van der Waals surface area contributed by atoms with E-state index in [1.807, 2.05) is 0 Å². The van der Waals surface area contributed by atoms with Crippen molar-refractivity contribution in [1.29, 1.82) is 0 Å². The van der Waals surface area contributed by atoms with Gasteiger partial charge in [-0.1, -0.05) is 38.8 Å². The van der Waals surface area contributed by atoms with Gasteiger partial charge in [0.2, 0.25) is 0 Å². The van der Waals surface area contributed by atoms with Gasteiger partial charge in [0.05, 0.1) is 0 Å². The first kappa shape index (κ1) is 16.0. The molecule has 0 fully saturated rings. The number of thiocarbonyl (C=S) groups is 1. The lowest BCUT2D eigenvalue weighted by molar-refractivity contribution is 0.599. The van der Waals surface area contributed by atoms with Crippen molar-refractivity contribution < 1.29 is 0 Å². The van der Waals surface area contributed by atoms with E-state index in [4.69, 9.17) is 12.2 Å². The van der Waals surface area contributed by atoms with Gasteiger partial charge in [-0.25, -0.2) is 0 Å². The molecule has 1 rings (SSSR count). The van der Waals surface area contributed by atoms with Gasteiger partial charge >= 0.3 is 0 Å². The monoisotopic (exact) mass is 278 g/mol. The summed E-state index contributed by atoms with van der Waals surface area (Å²) in [6, 6.07) is 8.98. The van der Waals surface area contributed by atoms with Gasteiger partial charge in [0.1, 0.15) is 0 Å². The highest BCUT2D eigenvalue weighted by Crippen LogP contribution is 2.11. The van der Waals surface area contributed by atoms with Crippen LogP contribution in [0, 0.1) is 0 Å². The van der Waals surface area contributed by atoms with Gasteiger partial charge in [-0.05, 0) is 56.1 Å². The maximum Gasteiger partial charge on any atom is 0.170 e. The predicted molar refractivity (Wildman–Crippen MR) is 88.8 cm³/mol. The van der Waals surface area contributed by atoms with Crippen LogP contribution in [-0.2, 0) is 6.42 Å². The average molecular weight is 278 g/mol. The van der Waals surface area contributed by atoms with E-state index in [-0.39, 0.29) is 0 Å². The van der Waals surface area contributed by atoms with Crippen LogP contribution in [0.5, 0.6) is 0 Å². The van der Waals surface area contributed by atoms with Crippen LogP contribution in [0.15, 0.2) is 24.3 Å². The van der Waals surface area contributed by atoms with Gasteiger partial charge in [-0.3, -0.25) is 0 Å². The number of nitrogens with one attached hydrogen (secondary N) is 2. The van der Waals surface area contributed by atoms with E-state index in [1.54, 1.807) is 0 Å². The molecule has 1 aromatic carbocycles. The van der Waals surface area contributed by atoms with Crippen molar-refractivity contribution in [2.45, 2.75) is 58.9 Å². The standard InChI is InChI=1S/C16H26N2S/c1-4-6-8-14-9-11-15(12-10-14)18-16(19)17-13(3)7-5-2/h9-13H,4-8H2,1-3H3,(H2,17,18,19). The van der Waals surface area contributed by atoms with E-state index in [0.717, 1.165) is 18.5 Å². The summed E-state index contributed by atoms with van der Waals surface area (Å²) in [5.74, 6) is 0. The molecule has 0 aromatic heterocycles. The van der Waals surface area contributed by atoms with Crippen LogP contribution in [-0.4, -0.2) is 11.2 Å². The summed E-state index contributed by atoms with van der Waals surface area (Å²) in [5.41, 5.74) is 2.45. The molecule has 0 saturated heterocycles. The van der Waals surface area contributed by atoms with Crippen molar-refractivity contribution in [1.82, 2.24) is 5.32 Å². The molecule has 2 N–H and O–H groups in total. The van der Waals surface area contributed by atoms with Gasteiger partial charge in [0.15, 0.2) is 5.11 Å². The Hall–Kier alpha value is -1.09. The Labute approximate surface area is 123 Å². The molecule has 0 aliphatic rings. The van der Waals surface area contributed by atoms with E-state index >= 15 is 0 Å². The third-order valence-electron chi connectivity index (χ3n) is 3.13. The number of benzene rings is 1. The number of hydrogen-bond donors (Lipinski definition) is 2. The normalized spacial score (nSPS) is 11.9. The minimum Gasteiger partial charge on any atom is -0.360 e. The van der Waals surface area contributed by atoms with E-state index in [0.29, 0.717) is 11.2 Å². The van der Waals surface area contributed by atoms with Crippen LogP contribution in [0.25, 0.3) is 0 Å². The Morgan fingerprint density at radius 1 is 1.16 bits per heavy atom. The lowest BCUT2D eigenvalue weighted by Crippen LogP contribution is -2.35. The van der Waals surface area contributed by atoms with Crippen LogP contribution in [0.1, 0.15) is 52.0 Å². The SMILES string of the molecule is CCCCc1ccc(NC(=S)NC(C)CCC)cc1. The van der Waals surface area contributed by atoms with Crippen molar-refractivity contribution in [2.24, 2.45) is 0 Å². The Kier molecular flexibility index (Phi) is 7.49. The molecular formula is C16H26N2S. The van der Waals surface area contributed by atoms with E-state index in [2.05, 4.69) is 55.7 Å². The van der Waals surface area contributed by atoms with Crippen molar-refractivity contribution in [3.63, 3.8) is 0 Å². The summed E-state index contributed by atoms with van der Waals surface area (Å²) in [5, 5.41) is 7.24. The number of hydrogen-bond acceptors (Lipinski definition) is 1. The van der Waals surface area contributed by atoms with Crippen molar-refractivity contribution in [3.05, 3.63) is 29.8 Å². The minimum atomic E-state index is 0.425. The second-order valence-corrected chi connectivity index (χ2v) is 5.50. The molecule has 0 aliphatic heterocycles. The largest absolute Gasteiger partial charge is 0.360 e. The second-order valence-electron chi connectivity index (χ2n) is 5.09. The second kappa shape index (κ2) is 8.92. The number of rotatable bonds is 7. The summed E-state index contributed by atoms with van der Waals surface area (Å²) in [6.07, 6.45) is 5.96. The van der Waals surface area contributed by atoms with Gasteiger partial charge in [-0.15, -0.1) is 0 Å². The Balaban J connectivity index is 2.42. The molecule has 0 heterocycles. The molecule has 0 spiro atoms. The van der Waals surface area contributed by atoms with Gasteiger partial charge in [0, 0.05) is 11.7 Å². The molecule has 3 heteroatoms. The molecule has 106 valence electrons. The maximum atomic E-state index is 5.31. The summed E-state index contributed by atoms with van der Waals surface area (Å²) in [7, 11) is 0. The maximum absolute atomic E-state index is 5.31. The van der Waals surface area contributed by atoms with Crippen LogP contribution < -0.4 is 10.6 Å². The zero-order chi connectivity index (χ0) is 14.1. The smallest absolute Gasteiger partial charge is 0.170 e. The quantitative estimate of drug-likeness (QED) is 0.718. The topological polar surface area (TPSA) is 24.1 Å². The predicted octanol–water partition coefficient (Wildman–Crippen LogP) is 4.50. The van der Waals surface area contributed by atoms with Crippen molar-refractivity contribution >= 4 is 23.0 Å². The fourth-order valence-electron chi connectivity index (χ4n) is 2.03. The Morgan fingerprint density at radius 3 is 2.42 bits per heavy atom. The zero-order valence-electron chi connectivity index (χ0n) is 12.3. The summed E-state index contributed by atoms with van der Waals surface area (Å²) >= 11 is 5.31. The first-order valence-electron chi connectivity index (χ1n) is 7.32. The Morgan fingerprint density at radius 2 is 1.84 bits per heavy atom. The third kappa shape index (κ3) is 6.58. The summed E-state index contributed by atoms with van der Waals surface area (Å²) in [6.45, 7) is 6.56. The van der Waals surface area contributed by atoms with Crippen LogP contribution in [0.3, 0.4) is 0 Å². The first-order valence-corrected chi connectivity index (χ1v) is 7.73. The minimum absolute atomic E-state index is 0.425. The highest BCUT2D eigenvalue weighted by Gasteiger charge is 2.03. The van der Waals surface area contributed by atoms with Crippen molar-refractivity contribution in [3.8, 4) is 0 Å². The fourth-order valence-corrected chi connectivity index (χ4v) is 2.35. The van der Waals surface area contributed by atoms with Crippen LogP contribution >= 0.6 is 12.2 Å². The molecule has 0 saturated carbocycles. The summed E-state index contributed by atoms with van der Waals surface area (Å²) < 4.78 is 0. The van der Waals surface area contributed by atoms with E-state index in [1.165, 1.54) is 24.8 Å². The molecule has 19 heavy (non-hydrogen) atoms. The average Bonchev–Trinajstić information content (AvgIpc) is 2.38. The third-order valence-corrected chi connectivity index (χ3v) is 3.35. The van der Waals surface area contributed by atoms with Gasteiger partial charge < -0.3 is 10.6 Å². The summed E-state index contributed by atoms with van der Waals surface area (Å²) in [4.78, 5) is 0. The fraction of sp³-hybridized carbons (Fsp3) is 0.562. The highest BCUT2D eigenvalue weighted by molar-refractivity contribution is 7.80. The van der Waals surface area contributed by atoms with E-state index < -0.39 is 0 Å². The molecule has 0 aliphatic carbocycles. The molecule has 1 unspecified atom stereocenters. The van der Waals surface area contributed by atoms with Crippen molar-refractivity contribution in [2.75, 3.05) is 5.32 Å². The number of unbranched alkanes of at least 4 members (excludes halogenated alkanes) is 1. The lowest BCUT2D eigenvalue weighted by Gasteiger charge is -2.16. The number of aryl methyl sites for hydroxylation is 1. The van der Waals surface area contributed by atoms with E-state index in [9.17, 15) is 0 Å².